The summed E-state index contributed by atoms with van der Waals surface area (Å²) in [5.41, 5.74) is 1.07. The number of nitrogens with one attached hydrogen (secondary N) is 2. The van der Waals surface area contributed by atoms with Crippen LogP contribution in [0.2, 0.25) is 0 Å². The lowest BCUT2D eigenvalue weighted by molar-refractivity contribution is 0.0602. The largest absolute Gasteiger partial charge is 0.465 e. The average molecular weight is 341 g/mol. The number of aromatic nitrogens is 3. The lowest BCUT2D eigenvalue weighted by Gasteiger charge is -2.16. The second-order valence-electron chi connectivity index (χ2n) is 6.16. The van der Waals surface area contributed by atoms with E-state index in [1.807, 2.05) is 6.07 Å². The fourth-order valence-electron chi connectivity index (χ4n) is 3.05. The average Bonchev–Trinajstić information content (AvgIpc) is 2.90. The van der Waals surface area contributed by atoms with Gasteiger partial charge in [0, 0.05) is 6.04 Å². The Morgan fingerprint density at radius 1 is 1.16 bits per heavy atom. The molecule has 0 saturated heterocycles. The Kier molecular flexibility index (Phi) is 5.77. The van der Waals surface area contributed by atoms with Crippen molar-refractivity contribution in [3.63, 3.8) is 0 Å². The number of carbonyl (C=O) groups is 1. The van der Waals surface area contributed by atoms with Crippen LogP contribution in [0.3, 0.4) is 0 Å². The van der Waals surface area contributed by atoms with Crippen LogP contribution >= 0.6 is 0 Å². The molecule has 3 rings (SSSR count). The van der Waals surface area contributed by atoms with E-state index in [-0.39, 0.29) is 0 Å². The minimum atomic E-state index is -0.401. The van der Waals surface area contributed by atoms with E-state index in [9.17, 15) is 4.79 Å². The number of hydrogen-bond acceptors (Lipinski definition) is 7. The summed E-state index contributed by atoms with van der Waals surface area (Å²) in [5, 5.41) is 14.6. The topological polar surface area (TPSA) is 89.0 Å². The Bertz CT molecular complexity index is 714. The number of para-hydroxylation sites is 1. The zero-order chi connectivity index (χ0) is 17.5. The highest BCUT2D eigenvalue weighted by atomic mass is 16.5. The first-order valence-electron chi connectivity index (χ1n) is 8.67. The van der Waals surface area contributed by atoms with E-state index >= 15 is 0 Å². The maximum atomic E-state index is 11.9. The molecular weight excluding hydrogens is 318 g/mol. The molecule has 1 aromatic carbocycles. The molecule has 1 fully saturated rings. The van der Waals surface area contributed by atoms with Gasteiger partial charge >= 0.3 is 5.97 Å². The van der Waals surface area contributed by atoms with Crippen molar-refractivity contribution in [1.29, 1.82) is 0 Å². The number of anilines is 3. The van der Waals surface area contributed by atoms with Crippen molar-refractivity contribution >= 4 is 23.4 Å². The molecule has 7 heteroatoms. The van der Waals surface area contributed by atoms with Gasteiger partial charge in [-0.2, -0.15) is 10.1 Å². The van der Waals surface area contributed by atoms with E-state index < -0.39 is 5.97 Å². The van der Waals surface area contributed by atoms with Crippen molar-refractivity contribution in [2.24, 2.45) is 0 Å². The summed E-state index contributed by atoms with van der Waals surface area (Å²) in [7, 11) is 1.36. The Labute approximate surface area is 147 Å². The Morgan fingerprint density at radius 3 is 2.68 bits per heavy atom. The second-order valence-corrected chi connectivity index (χ2v) is 6.16. The van der Waals surface area contributed by atoms with Gasteiger partial charge in [-0.25, -0.2) is 4.79 Å². The predicted octanol–water partition coefficient (Wildman–Crippen LogP) is 3.54. The second kappa shape index (κ2) is 8.41. The van der Waals surface area contributed by atoms with E-state index in [0.29, 0.717) is 29.1 Å². The van der Waals surface area contributed by atoms with Crippen molar-refractivity contribution in [2.75, 3.05) is 17.7 Å². The van der Waals surface area contributed by atoms with Crippen molar-refractivity contribution in [2.45, 2.75) is 44.6 Å². The first kappa shape index (κ1) is 17.1. The van der Waals surface area contributed by atoms with Crippen LogP contribution in [-0.4, -0.2) is 34.3 Å². The van der Waals surface area contributed by atoms with Gasteiger partial charge in [-0.05, 0) is 25.0 Å². The zero-order valence-electron chi connectivity index (χ0n) is 14.4. The normalized spacial score (nSPS) is 15.2. The van der Waals surface area contributed by atoms with Gasteiger partial charge in [-0.3, -0.25) is 0 Å². The van der Waals surface area contributed by atoms with Gasteiger partial charge in [0.1, 0.15) is 0 Å². The number of esters is 1. The summed E-state index contributed by atoms with van der Waals surface area (Å²) in [6.45, 7) is 0. The molecular formula is C18H23N5O2. The molecule has 1 aromatic heterocycles. The predicted molar refractivity (Wildman–Crippen MR) is 96.0 cm³/mol. The van der Waals surface area contributed by atoms with Crippen LogP contribution in [0.15, 0.2) is 30.5 Å². The van der Waals surface area contributed by atoms with Crippen LogP contribution in [0.5, 0.6) is 0 Å². The van der Waals surface area contributed by atoms with Crippen LogP contribution in [0.25, 0.3) is 0 Å². The van der Waals surface area contributed by atoms with Gasteiger partial charge in [0.15, 0.2) is 5.82 Å². The Morgan fingerprint density at radius 2 is 1.92 bits per heavy atom. The summed E-state index contributed by atoms with van der Waals surface area (Å²) in [6.07, 6.45) is 8.85. The van der Waals surface area contributed by atoms with Gasteiger partial charge < -0.3 is 15.4 Å². The molecule has 0 radical (unpaired) electrons. The highest BCUT2D eigenvalue weighted by Crippen LogP contribution is 2.22. The molecule has 1 heterocycles. The fourth-order valence-corrected chi connectivity index (χ4v) is 3.05. The number of hydrogen-bond donors (Lipinski definition) is 2. The van der Waals surface area contributed by atoms with E-state index in [1.165, 1.54) is 39.0 Å². The van der Waals surface area contributed by atoms with Crippen LogP contribution in [0, 0.1) is 0 Å². The number of rotatable bonds is 5. The molecule has 7 nitrogen and oxygen atoms in total. The molecule has 0 amide bonds. The molecule has 132 valence electrons. The summed E-state index contributed by atoms with van der Waals surface area (Å²) < 4.78 is 4.81. The molecule has 1 aliphatic rings. The Balaban J connectivity index is 1.73. The van der Waals surface area contributed by atoms with Crippen LogP contribution in [0.4, 0.5) is 17.5 Å². The van der Waals surface area contributed by atoms with E-state index in [2.05, 4.69) is 25.8 Å². The number of nitrogens with zero attached hydrogens (tertiary/aromatic N) is 3. The standard InChI is InChI=1S/C18H23N5O2/c1-25-17(24)14-10-6-7-11-15(14)21-16-12-19-23-18(22-16)20-13-8-4-2-3-5-9-13/h6-7,10-13H,2-5,8-9H2,1H3,(H2,20,21,22,23). The first-order valence-corrected chi connectivity index (χ1v) is 8.67. The lowest BCUT2D eigenvalue weighted by atomic mass is 10.1. The molecule has 0 aliphatic heterocycles. The van der Waals surface area contributed by atoms with Crippen molar-refractivity contribution in [3.05, 3.63) is 36.0 Å². The first-order chi connectivity index (χ1) is 12.3. The molecule has 1 aliphatic carbocycles. The number of ether oxygens (including phenoxy) is 1. The Hall–Kier alpha value is -2.70. The van der Waals surface area contributed by atoms with E-state index in [0.717, 1.165) is 12.8 Å². The van der Waals surface area contributed by atoms with Gasteiger partial charge in [0.05, 0.1) is 24.6 Å². The minimum Gasteiger partial charge on any atom is -0.465 e. The molecule has 0 spiro atoms. The van der Waals surface area contributed by atoms with Crippen LogP contribution in [0.1, 0.15) is 48.9 Å². The summed E-state index contributed by atoms with van der Waals surface area (Å²) in [4.78, 5) is 16.3. The third kappa shape index (κ3) is 4.65. The maximum absolute atomic E-state index is 11.9. The van der Waals surface area contributed by atoms with Crippen LogP contribution in [-0.2, 0) is 4.74 Å². The number of methoxy groups -OCH3 is 1. The molecule has 0 bridgehead atoms. The SMILES string of the molecule is COC(=O)c1ccccc1Nc1cnnc(NC2CCCCCC2)n1. The van der Waals surface area contributed by atoms with Gasteiger partial charge in [0.25, 0.3) is 0 Å². The quantitative estimate of drug-likeness (QED) is 0.635. The molecule has 0 atom stereocenters. The monoisotopic (exact) mass is 341 g/mol. The van der Waals surface area contributed by atoms with Gasteiger partial charge in [-0.15, -0.1) is 5.10 Å². The summed E-state index contributed by atoms with van der Waals surface area (Å²) in [6, 6.07) is 7.52. The minimum absolute atomic E-state index is 0.391. The van der Waals surface area contributed by atoms with Crippen molar-refractivity contribution in [1.82, 2.24) is 15.2 Å². The highest BCUT2D eigenvalue weighted by molar-refractivity contribution is 5.96. The van der Waals surface area contributed by atoms with E-state index in [4.69, 9.17) is 4.74 Å². The summed E-state index contributed by atoms with van der Waals surface area (Å²) >= 11 is 0. The fraction of sp³-hybridized carbons (Fsp3) is 0.444. The zero-order valence-corrected chi connectivity index (χ0v) is 14.4. The molecule has 0 unspecified atom stereocenters. The van der Waals surface area contributed by atoms with Crippen molar-refractivity contribution < 1.29 is 9.53 Å². The third-order valence-corrected chi connectivity index (χ3v) is 4.34. The molecule has 25 heavy (non-hydrogen) atoms. The van der Waals surface area contributed by atoms with Crippen molar-refractivity contribution in [3.8, 4) is 0 Å². The number of benzene rings is 1. The molecule has 2 aromatic rings. The molecule has 2 N–H and O–H groups in total. The van der Waals surface area contributed by atoms with Gasteiger partial charge in [-0.1, -0.05) is 37.8 Å². The van der Waals surface area contributed by atoms with E-state index in [1.54, 1.807) is 18.2 Å². The maximum Gasteiger partial charge on any atom is 0.339 e. The molecule has 1 saturated carbocycles. The van der Waals surface area contributed by atoms with Gasteiger partial charge in [0.2, 0.25) is 5.95 Å². The van der Waals surface area contributed by atoms with Crippen LogP contribution < -0.4 is 10.6 Å². The third-order valence-electron chi connectivity index (χ3n) is 4.34. The lowest BCUT2D eigenvalue weighted by Crippen LogP contribution is -2.20. The summed E-state index contributed by atoms with van der Waals surface area (Å²) in [5.74, 6) is 0.636. The number of carbonyl (C=O) groups excluding carboxylic acids is 1. The smallest absolute Gasteiger partial charge is 0.339 e. The highest BCUT2D eigenvalue weighted by Gasteiger charge is 2.15.